The number of nitrogens with two attached hydrogens (primary N) is 1. The second-order valence-electron chi connectivity index (χ2n) is 1.05. The van der Waals surface area contributed by atoms with Crippen LogP contribution in [-0.2, 0) is 19.5 Å². The predicted molar refractivity (Wildman–Crippen MR) is 25.8 cm³/mol. The minimum Gasteiger partial charge on any atom is -0.852 e. The second kappa shape index (κ2) is 22.9. The maximum Gasteiger partial charge on any atom is 1.00 e. The Labute approximate surface area is 108 Å². The standard InChI is InChI=1S/C3H7O.CH2.K.H2N.Ru/c1-3(2)4;;;;/h3H,1-2H3;1H2;;1H2;/q2*-1;+1;-1;+1. The molecule has 2 N–H and O–H groups in total. The summed E-state index contributed by atoms with van der Waals surface area (Å²) >= 11 is 0. The maximum absolute atomic E-state index is 9.53. The third kappa shape index (κ3) is 88.7. The van der Waals surface area contributed by atoms with E-state index in [4.69, 9.17) is 0 Å². The van der Waals surface area contributed by atoms with Gasteiger partial charge in [-0.1, -0.05) is 13.8 Å². The van der Waals surface area contributed by atoms with E-state index in [2.05, 4.69) is 0 Å². The van der Waals surface area contributed by atoms with Crippen molar-refractivity contribution in [1.29, 1.82) is 0 Å². The summed E-state index contributed by atoms with van der Waals surface area (Å²) in [5.41, 5.74) is 0. The van der Waals surface area contributed by atoms with Crippen molar-refractivity contribution < 1.29 is 76.0 Å². The fourth-order valence-electron chi connectivity index (χ4n) is 0. The Hall–Kier alpha value is 2.18. The first-order valence-electron chi connectivity index (χ1n) is 1.39. The average Bonchev–Trinajstić information content (AvgIpc) is 0.811. The molecule has 0 amide bonds. The van der Waals surface area contributed by atoms with Crippen molar-refractivity contribution in [2.75, 3.05) is 0 Å². The van der Waals surface area contributed by atoms with E-state index in [0.29, 0.717) is 0 Å². The third-order valence-electron chi connectivity index (χ3n) is 0. The molecule has 2 radical (unpaired) electrons. The molecule has 8 heavy (non-hydrogen) atoms. The molecule has 0 aliphatic heterocycles. The Bertz CT molecular complexity index is 20.8. The molecule has 0 saturated carbocycles. The van der Waals surface area contributed by atoms with Gasteiger partial charge in [-0.3, -0.25) is 0 Å². The summed E-state index contributed by atoms with van der Waals surface area (Å²) in [4.78, 5) is 0. The van der Waals surface area contributed by atoms with Gasteiger partial charge in [-0.25, -0.2) is 0 Å². The van der Waals surface area contributed by atoms with Gasteiger partial charge in [0.25, 0.3) is 0 Å². The summed E-state index contributed by atoms with van der Waals surface area (Å²) < 4.78 is 0. The minimum absolute atomic E-state index is 0. The zero-order valence-corrected chi connectivity index (χ0v) is 10.5. The van der Waals surface area contributed by atoms with E-state index in [9.17, 15) is 5.11 Å². The van der Waals surface area contributed by atoms with Crippen LogP contribution in [0.15, 0.2) is 0 Å². The largest absolute Gasteiger partial charge is 1.00 e. The van der Waals surface area contributed by atoms with Gasteiger partial charge in [0.2, 0.25) is 0 Å². The van der Waals surface area contributed by atoms with Gasteiger partial charge in [0.15, 0.2) is 0 Å². The van der Waals surface area contributed by atoms with Crippen molar-refractivity contribution in [3.8, 4) is 0 Å². The molecule has 0 aliphatic carbocycles. The fourth-order valence-corrected chi connectivity index (χ4v) is 0. The molecule has 0 aromatic rings. The van der Waals surface area contributed by atoms with Gasteiger partial charge in [0, 0.05) is 0 Å². The third-order valence-corrected chi connectivity index (χ3v) is 0. The van der Waals surface area contributed by atoms with Crippen LogP contribution < -0.4 is 56.5 Å². The van der Waals surface area contributed by atoms with E-state index in [1.165, 1.54) is 0 Å². The fraction of sp³-hybridized carbons (Fsp3) is 0.750. The van der Waals surface area contributed by atoms with E-state index in [0.717, 1.165) is 0 Å². The Balaban J connectivity index is -0.00000000750. The number of rotatable bonds is 0. The summed E-state index contributed by atoms with van der Waals surface area (Å²) in [6, 6.07) is 0. The van der Waals surface area contributed by atoms with Crippen molar-refractivity contribution in [2.45, 2.75) is 20.0 Å². The summed E-state index contributed by atoms with van der Waals surface area (Å²) in [5, 5.41) is 9.53. The van der Waals surface area contributed by atoms with Crippen LogP contribution in [0.5, 0.6) is 0 Å². The number of hydrogen-bond acceptors (Lipinski definition) is 1. The number of hydrogen-bond donors (Lipinski definition) is 0. The maximum atomic E-state index is 9.53. The molecule has 0 spiro atoms. The zero-order valence-electron chi connectivity index (χ0n) is 5.62. The van der Waals surface area contributed by atoms with Crippen molar-refractivity contribution >= 4 is 0 Å². The monoisotopic (exact) mass is 230 g/mol. The molecule has 0 bridgehead atoms. The molecule has 0 aromatic carbocycles. The van der Waals surface area contributed by atoms with E-state index < -0.39 is 6.10 Å². The van der Waals surface area contributed by atoms with Crippen molar-refractivity contribution in [3.63, 3.8) is 0 Å². The van der Waals surface area contributed by atoms with Gasteiger partial charge in [-0.05, 0) is 0 Å². The van der Waals surface area contributed by atoms with E-state index in [1.54, 1.807) is 13.8 Å². The molecular formula is C4H11KNORu-. The molecule has 0 atom stereocenters. The summed E-state index contributed by atoms with van der Waals surface area (Å²) in [7, 11) is 0. The quantitative estimate of drug-likeness (QED) is 0.343. The van der Waals surface area contributed by atoms with Gasteiger partial charge >= 0.3 is 70.9 Å². The smallest absolute Gasteiger partial charge is 0.852 e. The first-order chi connectivity index (χ1) is 1.73. The first kappa shape index (κ1) is 32.0. The predicted octanol–water partition coefficient (Wildman–Crippen LogP) is -2.20. The van der Waals surface area contributed by atoms with Crippen LogP contribution in [0.2, 0.25) is 0 Å². The zero-order chi connectivity index (χ0) is 3.58. The Morgan fingerprint density at radius 2 is 1.25 bits per heavy atom. The van der Waals surface area contributed by atoms with Gasteiger partial charge in [0.1, 0.15) is 0 Å². The molecule has 2 nitrogen and oxygen atoms in total. The van der Waals surface area contributed by atoms with Crippen molar-refractivity contribution in [3.05, 3.63) is 13.6 Å². The van der Waals surface area contributed by atoms with E-state index in [-0.39, 0.29) is 84.4 Å². The van der Waals surface area contributed by atoms with Crippen LogP contribution in [0.25, 0.3) is 6.15 Å². The second-order valence-corrected chi connectivity index (χ2v) is 1.05. The SMILES string of the molecule is CC(C)[O-].[CH2-].[K+].[NH2-].[Ru+]. The molecule has 4 heteroatoms. The Morgan fingerprint density at radius 3 is 1.25 bits per heavy atom. The van der Waals surface area contributed by atoms with Gasteiger partial charge in [0.05, 0.1) is 0 Å². The molecule has 0 heterocycles. The normalized spacial score (nSPS) is 4.50. The van der Waals surface area contributed by atoms with Crippen LogP contribution in [0.4, 0.5) is 0 Å². The topological polar surface area (TPSA) is 56.6 Å². The van der Waals surface area contributed by atoms with Crippen molar-refractivity contribution in [1.82, 2.24) is 0 Å². The molecule has 0 rings (SSSR count). The van der Waals surface area contributed by atoms with Gasteiger partial charge < -0.3 is 18.7 Å². The molecule has 48 valence electrons. The molecule has 0 unspecified atom stereocenters. The molecule has 0 aromatic heterocycles. The average molecular weight is 229 g/mol. The van der Waals surface area contributed by atoms with Gasteiger partial charge in [-0.2, -0.15) is 0 Å². The van der Waals surface area contributed by atoms with E-state index >= 15 is 0 Å². The molecular weight excluding hydrogens is 218 g/mol. The minimum atomic E-state index is -0.417. The molecule has 0 fully saturated rings. The summed E-state index contributed by atoms with van der Waals surface area (Å²) in [6.07, 6.45) is -0.417. The van der Waals surface area contributed by atoms with Crippen molar-refractivity contribution in [2.24, 2.45) is 0 Å². The Kier molecular flexibility index (Phi) is 91.5. The van der Waals surface area contributed by atoms with Crippen LogP contribution in [-0.4, -0.2) is 6.10 Å². The molecule has 0 saturated heterocycles. The Morgan fingerprint density at radius 1 is 1.25 bits per heavy atom. The summed E-state index contributed by atoms with van der Waals surface area (Å²) in [6.45, 7) is 3.22. The van der Waals surface area contributed by atoms with Crippen LogP contribution >= 0.6 is 0 Å². The first-order valence-corrected chi connectivity index (χ1v) is 1.39. The van der Waals surface area contributed by atoms with Crippen LogP contribution in [0.3, 0.4) is 0 Å². The summed E-state index contributed by atoms with van der Waals surface area (Å²) in [5.74, 6) is 0. The molecule has 0 aliphatic rings. The van der Waals surface area contributed by atoms with E-state index in [1.807, 2.05) is 0 Å². The van der Waals surface area contributed by atoms with Crippen LogP contribution in [0.1, 0.15) is 13.8 Å². The van der Waals surface area contributed by atoms with Crippen LogP contribution in [0, 0.1) is 7.43 Å². The van der Waals surface area contributed by atoms with Gasteiger partial charge in [-0.15, -0.1) is 6.10 Å².